The third-order valence-electron chi connectivity index (χ3n) is 4.13. The molecule has 0 aromatic heterocycles. The van der Waals surface area contributed by atoms with Gasteiger partial charge >= 0.3 is 47.6 Å². The van der Waals surface area contributed by atoms with Crippen molar-refractivity contribution in [2.45, 2.75) is 73.8 Å². The molecule has 0 saturated heterocycles. The Hall–Kier alpha value is -1.23. The molecule has 0 aromatic carbocycles. The van der Waals surface area contributed by atoms with Gasteiger partial charge in [0.2, 0.25) is 0 Å². The lowest BCUT2D eigenvalue weighted by molar-refractivity contribution is -0.461. The number of hydrogen-bond donors (Lipinski definition) is 1. The normalized spacial score (nSPS) is 15.9. The first-order chi connectivity index (χ1) is 13.8. The first-order valence-electron chi connectivity index (χ1n) is 8.23. The quantitative estimate of drug-likeness (QED) is 0.222. The van der Waals surface area contributed by atoms with Gasteiger partial charge in [-0.2, -0.15) is 74.6 Å². The molecular formula is C14H14F17N. The molecular weight excluding hydrogens is 505 g/mol. The zero-order valence-corrected chi connectivity index (χ0v) is 15.5. The highest BCUT2D eigenvalue weighted by atomic mass is 19.4. The van der Waals surface area contributed by atoms with Gasteiger partial charge in [-0.25, -0.2) is 0 Å². The molecule has 32 heavy (non-hydrogen) atoms. The second-order valence-electron chi connectivity index (χ2n) is 6.46. The molecule has 18 heteroatoms. The van der Waals surface area contributed by atoms with E-state index in [1.165, 1.54) is 6.92 Å². The van der Waals surface area contributed by atoms with E-state index in [0.717, 1.165) is 0 Å². The standard InChI is InChI=1S/C14H14F17N/c1-2-32-6-4-3-5-7(15,16)8(17,18)9(19,20)10(21,22)11(23,24)12(25,26)13(27,28)14(29,30)31/h32H,2-6H2,1H3. The van der Waals surface area contributed by atoms with Gasteiger partial charge in [-0.15, -0.1) is 0 Å². The number of rotatable bonds is 12. The molecule has 1 nitrogen and oxygen atoms in total. The number of unbranched alkanes of at least 4 members (excludes halogenated alkanes) is 1. The highest BCUT2D eigenvalue weighted by Gasteiger charge is 2.95. The van der Waals surface area contributed by atoms with E-state index in [2.05, 4.69) is 5.32 Å². The van der Waals surface area contributed by atoms with Gasteiger partial charge in [-0.05, 0) is 25.9 Å². The summed E-state index contributed by atoms with van der Waals surface area (Å²) in [5.41, 5.74) is 0. The SMILES string of the molecule is CCNCCCCC(F)(F)C(F)(F)C(F)(F)C(F)(F)C(F)(F)C(F)(F)C(F)(F)C(F)(F)F. The van der Waals surface area contributed by atoms with Crippen molar-refractivity contribution in [3.63, 3.8) is 0 Å². The third kappa shape index (κ3) is 4.56. The molecule has 0 aliphatic heterocycles. The summed E-state index contributed by atoms with van der Waals surface area (Å²) in [5, 5.41) is 2.44. The minimum atomic E-state index is -8.58. The molecule has 0 bridgehead atoms. The van der Waals surface area contributed by atoms with E-state index in [0.29, 0.717) is 0 Å². The lowest BCUT2D eigenvalue weighted by atomic mass is 9.88. The Labute approximate surface area is 168 Å². The lowest BCUT2D eigenvalue weighted by Gasteiger charge is -2.42. The van der Waals surface area contributed by atoms with Crippen LogP contribution in [0, 0.1) is 0 Å². The second-order valence-corrected chi connectivity index (χ2v) is 6.46. The lowest BCUT2D eigenvalue weighted by Crippen LogP contribution is -2.74. The van der Waals surface area contributed by atoms with E-state index >= 15 is 0 Å². The summed E-state index contributed by atoms with van der Waals surface area (Å²) < 4.78 is 221. The Morgan fingerprint density at radius 2 is 0.812 bits per heavy atom. The van der Waals surface area contributed by atoms with Crippen LogP contribution < -0.4 is 5.32 Å². The fraction of sp³-hybridized carbons (Fsp3) is 1.00. The van der Waals surface area contributed by atoms with Crippen LogP contribution in [-0.2, 0) is 0 Å². The van der Waals surface area contributed by atoms with Gasteiger partial charge < -0.3 is 5.32 Å². The summed E-state index contributed by atoms with van der Waals surface area (Å²) in [4.78, 5) is 0. The largest absolute Gasteiger partial charge is 0.460 e. The van der Waals surface area contributed by atoms with Crippen LogP contribution in [0.2, 0.25) is 0 Å². The molecule has 0 radical (unpaired) electrons. The molecule has 0 amide bonds. The Kier molecular flexibility index (Phi) is 8.51. The zero-order valence-electron chi connectivity index (χ0n) is 15.5. The van der Waals surface area contributed by atoms with Crippen molar-refractivity contribution in [3.8, 4) is 0 Å². The second kappa shape index (κ2) is 8.85. The Balaban J connectivity index is 6.25. The van der Waals surface area contributed by atoms with Crippen LogP contribution in [-0.4, -0.2) is 60.7 Å². The summed E-state index contributed by atoms with van der Waals surface area (Å²) in [7, 11) is 0. The van der Waals surface area contributed by atoms with Gasteiger partial charge in [0.25, 0.3) is 0 Å². The summed E-state index contributed by atoms with van der Waals surface area (Å²) in [6, 6.07) is 0. The maximum absolute atomic E-state index is 13.5. The summed E-state index contributed by atoms with van der Waals surface area (Å²) >= 11 is 0. The van der Waals surface area contributed by atoms with E-state index in [-0.39, 0.29) is 13.1 Å². The van der Waals surface area contributed by atoms with E-state index in [9.17, 15) is 74.6 Å². The van der Waals surface area contributed by atoms with Crippen molar-refractivity contribution >= 4 is 0 Å². The predicted octanol–water partition coefficient (Wildman–Crippen LogP) is 6.78. The van der Waals surface area contributed by atoms with Crippen LogP contribution >= 0.6 is 0 Å². The van der Waals surface area contributed by atoms with Gasteiger partial charge in [0, 0.05) is 6.42 Å². The monoisotopic (exact) mass is 519 g/mol. The highest BCUT2D eigenvalue weighted by molar-refractivity contribution is 5.15. The van der Waals surface area contributed by atoms with Crippen LogP contribution in [0.25, 0.3) is 0 Å². The highest BCUT2D eigenvalue weighted by Crippen LogP contribution is 2.64. The average molecular weight is 519 g/mol. The van der Waals surface area contributed by atoms with Gasteiger partial charge in [0.05, 0.1) is 0 Å². The zero-order chi connectivity index (χ0) is 26.2. The predicted molar refractivity (Wildman–Crippen MR) is 73.1 cm³/mol. The fourth-order valence-corrected chi connectivity index (χ4v) is 2.13. The molecule has 0 aliphatic rings. The molecule has 0 aliphatic carbocycles. The molecule has 0 aromatic rings. The van der Waals surface area contributed by atoms with Crippen molar-refractivity contribution in [2.75, 3.05) is 13.1 Å². The number of hydrogen-bond acceptors (Lipinski definition) is 1. The maximum atomic E-state index is 13.5. The summed E-state index contributed by atoms with van der Waals surface area (Å²) in [6.45, 7) is 1.54. The van der Waals surface area contributed by atoms with E-state index in [4.69, 9.17) is 0 Å². The van der Waals surface area contributed by atoms with Gasteiger partial charge in [0.1, 0.15) is 0 Å². The van der Waals surface area contributed by atoms with Crippen molar-refractivity contribution in [2.24, 2.45) is 0 Å². The topological polar surface area (TPSA) is 12.0 Å². The molecule has 0 unspecified atom stereocenters. The van der Waals surface area contributed by atoms with Crippen LogP contribution in [0.3, 0.4) is 0 Å². The van der Waals surface area contributed by atoms with Gasteiger partial charge in [-0.1, -0.05) is 6.92 Å². The first-order valence-corrected chi connectivity index (χ1v) is 8.23. The Bertz CT molecular complexity index is 621. The van der Waals surface area contributed by atoms with Crippen molar-refractivity contribution in [1.29, 1.82) is 0 Å². The molecule has 1 N–H and O–H groups in total. The molecule has 0 heterocycles. The minimum Gasteiger partial charge on any atom is -0.317 e. The first kappa shape index (κ1) is 30.8. The average Bonchev–Trinajstić information content (AvgIpc) is 2.59. The van der Waals surface area contributed by atoms with Gasteiger partial charge in [-0.3, -0.25) is 0 Å². The smallest absolute Gasteiger partial charge is 0.317 e. The fourth-order valence-electron chi connectivity index (χ4n) is 2.13. The number of halogens is 17. The van der Waals surface area contributed by atoms with Crippen LogP contribution in [0.4, 0.5) is 74.6 Å². The minimum absolute atomic E-state index is 0.179. The maximum Gasteiger partial charge on any atom is 0.460 e. The van der Waals surface area contributed by atoms with Crippen LogP contribution in [0.5, 0.6) is 0 Å². The van der Waals surface area contributed by atoms with Crippen molar-refractivity contribution in [3.05, 3.63) is 0 Å². The van der Waals surface area contributed by atoms with Crippen molar-refractivity contribution < 1.29 is 74.6 Å². The molecule has 194 valence electrons. The summed E-state index contributed by atoms with van der Waals surface area (Å²) in [5.74, 6) is -55.8. The van der Waals surface area contributed by atoms with E-state index in [1.807, 2.05) is 0 Å². The van der Waals surface area contributed by atoms with E-state index in [1.54, 1.807) is 0 Å². The van der Waals surface area contributed by atoms with Gasteiger partial charge in [0.15, 0.2) is 0 Å². The molecule has 0 saturated carbocycles. The van der Waals surface area contributed by atoms with Crippen molar-refractivity contribution in [1.82, 2.24) is 5.32 Å². The number of nitrogens with one attached hydrogen (secondary N) is 1. The molecule has 0 atom stereocenters. The number of alkyl halides is 17. The molecule has 0 rings (SSSR count). The molecule has 0 fully saturated rings. The summed E-state index contributed by atoms with van der Waals surface area (Å²) in [6.07, 6.45) is -11.7. The van der Waals surface area contributed by atoms with Crippen LogP contribution in [0.15, 0.2) is 0 Å². The third-order valence-corrected chi connectivity index (χ3v) is 4.13. The Morgan fingerprint density at radius 3 is 1.16 bits per heavy atom. The van der Waals surface area contributed by atoms with Crippen LogP contribution in [0.1, 0.15) is 26.2 Å². The Morgan fingerprint density at radius 1 is 0.469 bits per heavy atom. The van der Waals surface area contributed by atoms with E-state index < -0.39 is 66.9 Å². The molecule has 0 spiro atoms.